The molecule has 24 heteroatoms. The number of benzene rings is 6. The van der Waals surface area contributed by atoms with Crippen LogP contribution in [0.3, 0.4) is 0 Å². The highest BCUT2D eigenvalue weighted by Gasteiger charge is 2.39. The van der Waals surface area contributed by atoms with Crippen LogP contribution in [0.15, 0.2) is 153 Å². The number of alkyl carbamates (subject to hydrolysis) is 2. The zero-order valence-corrected chi connectivity index (χ0v) is 49.2. The second kappa shape index (κ2) is 26.2. The van der Waals surface area contributed by atoms with Crippen LogP contribution in [0.4, 0.5) is 15.3 Å². The van der Waals surface area contributed by atoms with E-state index in [-0.39, 0.29) is 79.9 Å². The van der Waals surface area contributed by atoms with Gasteiger partial charge in [-0.05, 0) is 118 Å². The van der Waals surface area contributed by atoms with Gasteiger partial charge in [0.1, 0.15) is 55.8 Å². The third-order valence-electron chi connectivity index (χ3n) is 12.6. The topological polar surface area (TPSA) is 275 Å². The molecule has 0 fully saturated rings. The molecule has 0 saturated heterocycles. The Morgan fingerprint density at radius 3 is 1.98 bits per heavy atom. The Hall–Kier alpha value is -8.42. The van der Waals surface area contributed by atoms with E-state index < -0.39 is 59.3 Å². The number of para-hydroxylation sites is 1. The lowest BCUT2D eigenvalue weighted by Crippen LogP contribution is -2.39. The second-order valence-electron chi connectivity index (χ2n) is 21.1. The summed E-state index contributed by atoms with van der Waals surface area (Å²) in [7, 11) is -5.53. The van der Waals surface area contributed by atoms with Gasteiger partial charge in [-0.2, -0.15) is 9.42 Å². The molecule has 1 aromatic heterocycles. The van der Waals surface area contributed by atoms with Crippen molar-refractivity contribution in [2.24, 2.45) is 15.3 Å². The maximum absolute atomic E-state index is 16.6. The van der Waals surface area contributed by atoms with Crippen molar-refractivity contribution >= 4 is 54.8 Å². The minimum atomic E-state index is -5.12. The summed E-state index contributed by atoms with van der Waals surface area (Å²) in [4.78, 5) is 38.3. The van der Waals surface area contributed by atoms with Crippen LogP contribution in [0.1, 0.15) is 81.2 Å². The fourth-order valence-corrected chi connectivity index (χ4v) is 12.2. The number of imidazole rings is 1. The fraction of sp³-hybridized carbons (Fsp3) is 0.322. The fourth-order valence-electron chi connectivity index (χ4n) is 8.78. The number of hydrogen-bond acceptors (Lipinski definition) is 17. The van der Waals surface area contributed by atoms with E-state index in [9.17, 15) is 9.59 Å². The molecule has 22 nitrogen and oxygen atoms in total. The number of H-pyrrole nitrogens is 1. The molecule has 0 unspecified atom stereocenters. The highest BCUT2D eigenvalue weighted by atomic mass is 32.2. The molecule has 5 N–H and O–H groups in total. The van der Waals surface area contributed by atoms with E-state index in [1.54, 1.807) is 126 Å². The third kappa shape index (κ3) is 15.8. The molecule has 2 amide bonds. The summed E-state index contributed by atoms with van der Waals surface area (Å²) in [5, 5.41) is 14.1. The third-order valence-corrected chi connectivity index (χ3v) is 16.1. The van der Waals surface area contributed by atoms with Crippen LogP contribution in [-0.4, -0.2) is 101 Å². The minimum Gasteiger partial charge on any atom is -0.497 e. The van der Waals surface area contributed by atoms with Crippen molar-refractivity contribution in [1.29, 1.82) is 0 Å². The molecular weight excluding hydrogens is 1100 g/mol. The van der Waals surface area contributed by atoms with Gasteiger partial charge in [-0.25, -0.2) is 46.5 Å². The lowest BCUT2D eigenvalue weighted by molar-refractivity contribution is 0.0420. The summed E-state index contributed by atoms with van der Waals surface area (Å²) in [6.45, 7) is 9.33. The van der Waals surface area contributed by atoms with Crippen molar-refractivity contribution < 1.29 is 54.8 Å². The Bertz CT molecular complexity index is 3670. The normalized spacial score (nSPS) is 13.2. The summed E-state index contributed by atoms with van der Waals surface area (Å²) in [5.41, 5.74) is 4.97. The first kappa shape index (κ1) is 60.7. The van der Waals surface area contributed by atoms with Crippen LogP contribution >= 0.6 is 0 Å². The van der Waals surface area contributed by atoms with Crippen molar-refractivity contribution in [1.82, 2.24) is 35.1 Å². The van der Waals surface area contributed by atoms with Crippen LogP contribution in [0.5, 0.6) is 17.2 Å². The molecule has 0 aliphatic carbocycles. The first-order valence-corrected chi connectivity index (χ1v) is 29.3. The number of fused-ring (bicyclic) bond motifs is 3. The lowest BCUT2D eigenvalue weighted by atomic mass is 9.97. The lowest BCUT2D eigenvalue weighted by Gasteiger charge is -2.27. The van der Waals surface area contributed by atoms with Crippen LogP contribution in [0.25, 0.3) is 22.2 Å². The number of sulfonamides is 2. The summed E-state index contributed by atoms with van der Waals surface area (Å²) in [5.74, 6) is 1.34. The molecule has 1 aliphatic rings. The number of methoxy groups -OCH3 is 3. The Kier molecular flexibility index (Phi) is 19.2. The molecule has 0 radical (unpaired) electrons. The molecule has 0 saturated carbocycles. The van der Waals surface area contributed by atoms with Crippen LogP contribution in [0, 0.1) is 0 Å². The van der Waals surface area contributed by atoms with Crippen LogP contribution in [0.2, 0.25) is 0 Å². The molecule has 2 heterocycles. The van der Waals surface area contributed by atoms with Crippen molar-refractivity contribution in [2.75, 3.05) is 41.0 Å². The largest absolute Gasteiger partial charge is 0.497 e. The average molecular weight is 1170 g/mol. The molecular formula is C59H68N10O12S2. The molecule has 6 aromatic carbocycles. The maximum atomic E-state index is 16.6. The maximum Gasteiger partial charge on any atom is 0.408 e. The number of hydrogen-bond donors (Lipinski definition) is 5. The molecule has 1 atom stereocenters. The van der Waals surface area contributed by atoms with Crippen molar-refractivity contribution in [3.05, 3.63) is 161 Å². The van der Waals surface area contributed by atoms with Gasteiger partial charge in [0.2, 0.25) is 20.0 Å². The second-order valence-corrected chi connectivity index (χ2v) is 24.7. The van der Waals surface area contributed by atoms with Gasteiger partial charge >= 0.3 is 12.2 Å². The van der Waals surface area contributed by atoms with Gasteiger partial charge in [0.05, 0.1) is 52.1 Å². The average Bonchev–Trinajstić information content (AvgIpc) is 4.06. The highest BCUT2D eigenvalue weighted by Crippen LogP contribution is 2.41. The van der Waals surface area contributed by atoms with E-state index in [4.69, 9.17) is 38.4 Å². The van der Waals surface area contributed by atoms with E-state index in [2.05, 4.69) is 36.1 Å². The smallest absolute Gasteiger partial charge is 0.408 e. The Labute approximate surface area is 483 Å². The number of amidine groups is 1. The number of carbonyl (C=O) groups is 2. The number of amides is 2. The summed E-state index contributed by atoms with van der Waals surface area (Å²) >= 11 is 0. The SMILES string of the molecule is COc1ccc(CN(Cc2ccc(OC)cc2)S(=O)(=O)c2c(S(=O)(=O)NCCNC(=O)OC(C)(C)C)ccc(-c3cccc4[nH]c([C@H](COCc5ccccc5)NC(=O)OC(C)(C)C)nc34)c2C2=Nc3cc(ccc3OC)CN=NN2)cc1. The standard InChI is InChI=1S/C59H68N10O12S2/c1-58(2,3)80-56(70)60-30-31-62-82(72,73)50-29-27-44(45-16-13-17-46-52(45)66-54(63-46)48(65-57(71)81-59(4,5)6)37-79-36-40-14-11-10-12-15-40)51(55-64-47-32-41(33-61-68-67-55)22-28-49(47)78-9)53(50)83(74,75)69(34-38-18-23-42(76-7)24-19-38)35-39-20-25-43(77-8)26-21-39/h10-29,32,48,62H,30-31,33-37H2,1-9H3,(H,60,70)(H,63,66)(H,65,71)(H,61,64,67)/t48-/m0/s1. The predicted octanol–water partition coefficient (Wildman–Crippen LogP) is 9.78. The Morgan fingerprint density at radius 2 is 1.35 bits per heavy atom. The number of aromatic amines is 1. The van der Waals surface area contributed by atoms with Gasteiger partial charge in [-0.1, -0.05) is 84.1 Å². The number of aliphatic imine (C=N–C) groups is 1. The molecule has 8 rings (SSSR count). The van der Waals surface area contributed by atoms with Crippen molar-refractivity contribution in [2.45, 2.75) is 94.8 Å². The summed E-state index contributed by atoms with van der Waals surface area (Å²) < 4.78 is 101. The molecule has 0 spiro atoms. The zero-order chi connectivity index (χ0) is 59.5. The van der Waals surface area contributed by atoms with E-state index >= 15 is 16.8 Å². The molecule has 7 aromatic rings. The number of nitrogens with zero attached hydrogens (tertiary/aromatic N) is 5. The van der Waals surface area contributed by atoms with Gasteiger partial charge in [-0.15, -0.1) is 0 Å². The number of nitrogens with one attached hydrogen (secondary N) is 5. The Morgan fingerprint density at radius 1 is 0.699 bits per heavy atom. The first-order valence-electron chi connectivity index (χ1n) is 26.4. The number of rotatable bonds is 22. The molecule has 83 heavy (non-hydrogen) atoms. The number of ether oxygens (including phenoxy) is 6. The molecule has 2 bridgehead atoms. The summed E-state index contributed by atoms with van der Waals surface area (Å²) in [6.07, 6.45) is -1.53. The van der Waals surface area contributed by atoms with Gasteiger partial charge < -0.3 is 44.0 Å². The quantitative estimate of drug-likeness (QED) is 0.0395. The minimum absolute atomic E-state index is 0.0609. The molecule has 1 aliphatic heterocycles. The van der Waals surface area contributed by atoms with E-state index in [1.165, 1.54) is 33.5 Å². The van der Waals surface area contributed by atoms with Gasteiger partial charge in [0, 0.05) is 37.3 Å². The monoisotopic (exact) mass is 1170 g/mol. The van der Waals surface area contributed by atoms with E-state index in [1.807, 2.05) is 30.3 Å². The first-order chi connectivity index (χ1) is 39.5. The van der Waals surface area contributed by atoms with Crippen molar-refractivity contribution in [3.63, 3.8) is 0 Å². The predicted molar refractivity (Wildman–Crippen MR) is 312 cm³/mol. The molecule has 438 valence electrons. The zero-order valence-electron chi connectivity index (χ0n) is 47.6. The van der Waals surface area contributed by atoms with Gasteiger partial charge in [0.15, 0.2) is 5.84 Å². The number of aromatic nitrogens is 2. The number of carbonyl (C=O) groups excluding carboxylic acids is 2. The van der Waals surface area contributed by atoms with Gasteiger partial charge in [0.25, 0.3) is 0 Å². The summed E-state index contributed by atoms with van der Waals surface area (Å²) in [6, 6.07) is 35.2. The van der Waals surface area contributed by atoms with E-state index in [0.717, 1.165) is 9.87 Å². The van der Waals surface area contributed by atoms with Crippen LogP contribution < -0.4 is 35.0 Å². The van der Waals surface area contributed by atoms with Crippen LogP contribution in [-0.2, 0) is 60.5 Å². The van der Waals surface area contributed by atoms with Gasteiger partial charge in [-0.3, -0.25) is 0 Å². The Balaban J connectivity index is 1.39. The highest BCUT2D eigenvalue weighted by molar-refractivity contribution is 7.92. The van der Waals surface area contributed by atoms with E-state index in [0.29, 0.717) is 45.0 Å². The van der Waals surface area contributed by atoms with Crippen molar-refractivity contribution in [3.8, 4) is 28.4 Å².